The Morgan fingerprint density at radius 1 is 1.08 bits per heavy atom. The van der Waals surface area contributed by atoms with Gasteiger partial charge in [0.2, 0.25) is 5.78 Å². The number of morpholine rings is 1. The molecule has 0 aromatic heterocycles. The molecule has 4 heteroatoms. The maximum atomic E-state index is 13.3. The van der Waals surface area contributed by atoms with Crippen molar-refractivity contribution >= 4 is 5.78 Å². The summed E-state index contributed by atoms with van der Waals surface area (Å²) in [7, 11) is 0. The van der Waals surface area contributed by atoms with E-state index in [1.165, 1.54) is 4.90 Å². The Morgan fingerprint density at radius 2 is 1.76 bits per heavy atom. The van der Waals surface area contributed by atoms with E-state index >= 15 is 0 Å². The quantitative estimate of drug-likeness (QED) is 0.787. The maximum Gasteiger partial charge on any atom is 0.224 e. The van der Waals surface area contributed by atoms with Gasteiger partial charge in [0.05, 0.1) is 19.8 Å². The molecule has 0 bridgehead atoms. The highest BCUT2D eigenvalue weighted by atomic mass is 16.5. The van der Waals surface area contributed by atoms with E-state index in [2.05, 4.69) is 6.92 Å². The van der Waals surface area contributed by atoms with Gasteiger partial charge >= 0.3 is 0 Å². The number of ether oxygens (including phenoxy) is 2. The number of hydrogen-bond acceptors (Lipinski definition) is 3. The van der Waals surface area contributed by atoms with Crippen LogP contribution in [0.15, 0.2) is 54.6 Å². The first-order valence-corrected chi connectivity index (χ1v) is 9.04. The van der Waals surface area contributed by atoms with Crippen LogP contribution in [-0.4, -0.2) is 38.7 Å². The third-order valence-electron chi connectivity index (χ3n) is 4.55. The lowest BCUT2D eigenvalue weighted by Gasteiger charge is -2.31. The lowest BCUT2D eigenvalue weighted by molar-refractivity contribution is -0.928. The van der Waals surface area contributed by atoms with Gasteiger partial charge in [0.1, 0.15) is 18.8 Å². The molecule has 1 saturated heterocycles. The molecular formula is C21H26NO3+. The normalized spacial score (nSPS) is 16.4. The van der Waals surface area contributed by atoms with Crippen LogP contribution in [0.25, 0.3) is 0 Å². The van der Waals surface area contributed by atoms with E-state index in [1.54, 1.807) is 0 Å². The monoisotopic (exact) mass is 340 g/mol. The third kappa shape index (κ3) is 4.47. The third-order valence-corrected chi connectivity index (χ3v) is 4.55. The molecule has 132 valence electrons. The molecule has 25 heavy (non-hydrogen) atoms. The van der Waals surface area contributed by atoms with Crippen LogP contribution in [-0.2, 0) is 4.74 Å². The second-order valence-electron chi connectivity index (χ2n) is 6.35. The van der Waals surface area contributed by atoms with Gasteiger partial charge in [0.25, 0.3) is 0 Å². The highest BCUT2D eigenvalue weighted by Crippen LogP contribution is 2.19. The summed E-state index contributed by atoms with van der Waals surface area (Å²) in [5, 5.41) is 0. The highest BCUT2D eigenvalue weighted by molar-refractivity contribution is 5.99. The van der Waals surface area contributed by atoms with Gasteiger partial charge in [0.15, 0.2) is 6.04 Å². The van der Waals surface area contributed by atoms with Gasteiger partial charge in [-0.1, -0.05) is 37.3 Å². The van der Waals surface area contributed by atoms with E-state index in [4.69, 9.17) is 9.47 Å². The van der Waals surface area contributed by atoms with Crippen molar-refractivity contribution in [3.8, 4) is 5.75 Å². The largest absolute Gasteiger partial charge is 0.494 e. The molecule has 1 fully saturated rings. The van der Waals surface area contributed by atoms with Gasteiger partial charge in [-0.15, -0.1) is 0 Å². The minimum absolute atomic E-state index is 0.158. The molecule has 0 saturated carbocycles. The van der Waals surface area contributed by atoms with Crippen molar-refractivity contribution in [2.24, 2.45) is 0 Å². The second kappa shape index (κ2) is 8.79. The summed E-state index contributed by atoms with van der Waals surface area (Å²) in [6.45, 7) is 5.88. The van der Waals surface area contributed by atoms with Crippen LogP contribution in [0.1, 0.15) is 35.3 Å². The number of Topliss-reactive ketones (excluding diaryl/α,β-unsaturated/α-hetero) is 1. The first-order valence-electron chi connectivity index (χ1n) is 9.04. The molecule has 3 rings (SSSR count). The fourth-order valence-corrected chi connectivity index (χ4v) is 3.24. The van der Waals surface area contributed by atoms with E-state index in [0.29, 0.717) is 19.8 Å². The lowest BCUT2D eigenvalue weighted by Crippen LogP contribution is -3.15. The van der Waals surface area contributed by atoms with Crippen molar-refractivity contribution in [3.63, 3.8) is 0 Å². The maximum absolute atomic E-state index is 13.3. The molecular weight excluding hydrogens is 314 g/mol. The molecule has 1 aliphatic heterocycles. The molecule has 1 aliphatic rings. The van der Waals surface area contributed by atoms with E-state index in [-0.39, 0.29) is 11.8 Å². The molecule has 1 heterocycles. The van der Waals surface area contributed by atoms with Crippen molar-refractivity contribution in [2.75, 3.05) is 32.9 Å². The molecule has 4 nitrogen and oxygen atoms in total. The topological polar surface area (TPSA) is 40.0 Å². The van der Waals surface area contributed by atoms with Crippen molar-refractivity contribution in [3.05, 3.63) is 65.7 Å². The van der Waals surface area contributed by atoms with Crippen LogP contribution in [0, 0.1) is 0 Å². The summed E-state index contributed by atoms with van der Waals surface area (Å²) < 4.78 is 11.1. The molecule has 2 aromatic rings. The molecule has 1 N–H and O–H groups in total. The van der Waals surface area contributed by atoms with Crippen LogP contribution < -0.4 is 9.64 Å². The number of ketones is 1. The predicted octanol–water partition coefficient (Wildman–Crippen LogP) is 2.31. The van der Waals surface area contributed by atoms with Crippen molar-refractivity contribution in [2.45, 2.75) is 19.4 Å². The van der Waals surface area contributed by atoms with Crippen LogP contribution in [0.4, 0.5) is 0 Å². The molecule has 0 spiro atoms. The Kier molecular flexibility index (Phi) is 6.20. The van der Waals surface area contributed by atoms with Gasteiger partial charge < -0.3 is 14.4 Å². The molecule has 0 amide bonds. The zero-order valence-electron chi connectivity index (χ0n) is 14.7. The molecule has 0 unspecified atom stereocenters. The smallest absolute Gasteiger partial charge is 0.224 e. The van der Waals surface area contributed by atoms with Gasteiger partial charge in [0, 0.05) is 11.1 Å². The lowest BCUT2D eigenvalue weighted by atomic mass is 9.95. The molecule has 1 atom stereocenters. The average molecular weight is 340 g/mol. The summed E-state index contributed by atoms with van der Waals surface area (Å²) in [6.07, 6.45) is 0.969. The number of nitrogens with one attached hydrogen (secondary N) is 1. The summed E-state index contributed by atoms with van der Waals surface area (Å²) in [5.41, 5.74) is 1.80. The van der Waals surface area contributed by atoms with Crippen LogP contribution in [0.3, 0.4) is 0 Å². The first-order chi connectivity index (χ1) is 12.3. The minimum Gasteiger partial charge on any atom is -0.494 e. The summed E-state index contributed by atoms with van der Waals surface area (Å²) >= 11 is 0. The van der Waals surface area contributed by atoms with Crippen molar-refractivity contribution < 1.29 is 19.2 Å². The number of benzene rings is 2. The number of quaternary nitrogens is 1. The average Bonchev–Trinajstić information content (AvgIpc) is 2.68. The number of hydrogen-bond donors (Lipinski definition) is 1. The number of carbonyl (C=O) groups is 1. The Balaban J connectivity index is 1.83. The van der Waals surface area contributed by atoms with E-state index in [9.17, 15) is 4.79 Å². The Morgan fingerprint density at radius 3 is 2.40 bits per heavy atom. The van der Waals surface area contributed by atoms with Crippen LogP contribution >= 0.6 is 0 Å². The van der Waals surface area contributed by atoms with E-state index < -0.39 is 0 Å². The summed E-state index contributed by atoms with van der Waals surface area (Å²) in [6, 6.07) is 17.4. The Hall–Kier alpha value is -2.17. The minimum atomic E-state index is -0.187. The number of carbonyl (C=O) groups excluding carboxylic acids is 1. The highest BCUT2D eigenvalue weighted by Gasteiger charge is 2.33. The Labute approximate surface area is 149 Å². The standard InChI is InChI=1S/C21H25NO3/c1-2-14-25-19-10-8-18(9-11-19)21(23)20(17-6-4-3-5-7-17)22-12-15-24-16-13-22/h3-11,20H,2,12-16H2,1H3/p+1/t20-/m1/s1. The molecule has 0 aliphatic carbocycles. The van der Waals surface area contributed by atoms with Crippen molar-refractivity contribution in [1.82, 2.24) is 0 Å². The van der Waals surface area contributed by atoms with Crippen LogP contribution in [0.2, 0.25) is 0 Å². The van der Waals surface area contributed by atoms with Gasteiger partial charge in [-0.05, 0) is 30.7 Å². The zero-order chi connectivity index (χ0) is 17.5. The van der Waals surface area contributed by atoms with E-state index in [0.717, 1.165) is 36.4 Å². The fourth-order valence-electron chi connectivity index (χ4n) is 3.24. The molecule has 2 aromatic carbocycles. The van der Waals surface area contributed by atoms with Gasteiger partial charge in [-0.25, -0.2) is 0 Å². The number of rotatable bonds is 7. The Bertz CT molecular complexity index is 663. The zero-order valence-corrected chi connectivity index (χ0v) is 14.7. The van der Waals surface area contributed by atoms with Crippen LogP contribution in [0.5, 0.6) is 5.75 Å². The summed E-state index contributed by atoms with van der Waals surface area (Å²) in [5.74, 6) is 0.971. The van der Waals surface area contributed by atoms with E-state index in [1.807, 2.05) is 54.6 Å². The predicted molar refractivity (Wildman–Crippen MR) is 97.3 cm³/mol. The summed E-state index contributed by atoms with van der Waals surface area (Å²) in [4.78, 5) is 14.5. The second-order valence-corrected chi connectivity index (χ2v) is 6.35. The van der Waals surface area contributed by atoms with Crippen molar-refractivity contribution in [1.29, 1.82) is 0 Å². The molecule has 0 radical (unpaired) electrons. The van der Waals surface area contributed by atoms with Gasteiger partial charge in [-0.3, -0.25) is 4.79 Å². The first kappa shape index (κ1) is 17.6. The SMILES string of the molecule is CCCOc1ccc(C(=O)[C@@H](c2ccccc2)[NH+]2CCOCC2)cc1. The fraction of sp³-hybridized carbons (Fsp3) is 0.381. The van der Waals surface area contributed by atoms with Gasteiger partial charge in [-0.2, -0.15) is 0 Å².